The maximum Gasteiger partial charge on any atom is 0.243 e. The number of rotatable bonds is 6. The number of nitrogens with one attached hydrogen (secondary N) is 1. The molecule has 0 amide bonds. The van der Waals surface area contributed by atoms with E-state index in [0.29, 0.717) is 4.47 Å². The van der Waals surface area contributed by atoms with E-state index in [1.807, 2.05) is 6.07 Å². The fourth-order valence-corrected chi connectivity index (χ4v) is 5.96. The summed E-state index contributed by atoms with van der Waals surface area (Å²) in [7, 11) is -3.86. The molecule has 1 atom stereocenters. The summed E-state index contributed by atoms with van der Waals surface area (Å²) in [5, 5.41) is 0.144. The van der Waals surface area contributed by atoms with E-state index in [-0.39, 0.29) is 27.5 Å². The fourth-order valence-electron chi connectivity index (χ4n) is 2.99. The van der Waals surface area contributed by atoms with Crippen LogP contribution in [0.3, 0.4) is 0 Å². The molecule has 25 heavy (non-hydrogen) atoms. The van der Waals surface area contributed by atoms with Gasteiger partial charge in [0.25, 0.3) is 0 Å². The Morgan fingerprint density at radius 2 is 1.88 bits per heavy atom. The van der Waals surface area contributed by atoms with Gasteiger partial charge in [0.1, 0.15) is 10.7 Å². The van der Waals surface area contributed by atoms with E-state index in [1.165, 1.54) is 12.1 Å². The SMILES string of the molecule is O=S(=O)(NC[C@@H](c1ccco1)N1CCCC1)c1c(Cl)cc(Br)cc1Cl. The second-order valence-corrected chi connectivity index (χ2v) is 9.26. The Kier molecular flexibility index (Phi) is 6.13. The van der Waals surface area contributed by atoms with Crippen molar-refractivity contribution in [3.05, 3.63) is 50.8 Å². The summed E-state index contributed by atoms with van der Waals surface area (Å²) >= 11 is 15.4. The highest BCUT2D eigenvalue weighted by Gasteiger charge is 2.29. The van der Waals surface area contributed by atoms with Gasteiger partial charge in [-0.05, 0) is 50.2 Å². The molecule has 0 aliphatic carbocycles. The molecule has 0 radical (unpaired) electrons. The lowest BCUT2D eigenvalue weighted by Gasteiger charge is -2.26. The Morgan fingerprint density at radius 3 is 2.44 bits per heavy atom. The first kappa shape index (κ1) is 19.2. The topological polar surface area (TPSA) is 62.6 Å². The predicted octanol–water partition coefficient (Wildman–Crippen LogP) is 4.46. The molecule has 9 heteroatoms. The summed E-state index contributed by atoms with van der Waals surface area (Å²) in [6.45, 7) is 2.00. The highest BCUT2D eigenvalue weighted by molar-refractivity contribution is 9.10. The number of halogens is 3. The molecule has 0 saturated carbocycles. The highest BCUT2D eigenvalue weighted by Crippen LogP contribution is 2.33. The number of furan rings is 1. The Bertz CT molecular complexity index is 814. The minimum atomic E-state index is -3.86. The molecule has 136 valence electrons. The Balaban J connectivity index is 1.83. The second kappa shape index (κ2) is 7.98. The molecule has 3 rings (SSSR count). The molecular formula is C16H17BrCl2N2O3S. The van der Waals surface area contributed by atoms with Crippen molar-refractivity contribution in [2.24, 2.45) is 0 Å². The Morgan fingerprint density at radius 1 is 1.24 bits per heavy atom. The number of hydrogen-bond acceptors (Lipinski definition) is 4. The summed E-state index contributed by atoms with van der Waals surface area (Å²) in [6.07, 6.45) is 3.78. The second-order valence-electron chi connectivity index (χ2n) is 5.82. The lowest BCUT2D eigenvalue weighted by molar-refractivity contribution is 0.216. The van der Waals surface area contributed by atoms with E-state index in [9.17, 15) is 8.42 Å². The number of benzene rings is 1. The first-order chi connectivity index (χ1) is 11.9. The smallest absolute Gasteiger partial charge is 0.243 e. The molecule has 1 fully saturated rings. The van der Waals surface area contributed by atoms with E-state index < -0.39 is 10.0 Å². The van der Waals surface area contributed by atoms with Crippen LogP contribution in [0.2, 0.25) is 10.0 Å². The molecule has 5 nitrogen and oxygen atoms in total. The third-order valence-electron chi connectivity index (χ3n) is 4.15. The first-order valence-corrected chi connectivity index (χ1v) is 10.8. The molecule has 0 bridgehead atoms. The molecule has 0 unspecified atom stereocenters. The molecule has 0 spiro atoms. The lowest BCUT2D eigenvalue weighted by atomic mass is 10.2. The van der Waals surface area contributed by atoms with E-state index in [0.717, 1.165) is 31.7 Å². The minimum Gasteiger partial charge on any atom is -0.468 e. The van der Waals surface area contributed by atoms with Crippen molar-refractivity contribution in [2.75, 3.05) is 19.6 Å². The van der Waals surface area contributed by atoms with Crippen molar-refractivity contribution in [1.82, 2.24) is 9.62 Å². The average molecular weight is 468 g/mol. The molecule has 1 aromatic carbocycles. The van der Waals surface area contributed by atoms with Crippen molar-refractivity contribution >= 4 is 49.2 Å². The van der Waals surface area contributed by atoms with Crippen molar-refractivity contribution < 1.29 is 12.8 Å². The van der Waals surface area contributed by atoms with Crippen molar-refractivity contribution in [3.8, 4) is 0 Å². The van der Waals surface area contributed by atoms with Crippen LogP contribution in [0.15, 0.2) is 44.3 Å². The summed E-state index contributed by atoms with van der Waals surface area (Å²) in [4.78, 5) is 2.10. The largest absolute Gasteiger partial charge is 0.468 e. The van der Waals surface area contributed by atoms with Crippen molar-refractivity contribution in [1.29, 1.82) is 0 Å². The molecule has 1 saturated heterocycles. The number of hydrogen-bond donors (Lipinski definition) is 1. The van der Waals surface area contributed by atoms with Crippen LogP contribution in [-0.2, 0) is 10.0 Å². The van der Waals surface area contributed by atoms with E-state index in [4.69, 9.17) is 27.6 Å². The zero-order chi connectivity index (χ0) is 18.0. The normalized spacial score (nSPS) is 17.1. The van der Waals surface area contributed by atoms with Crippen LogP contribution >= 0.6 is 39.1 Å². The van der Waals surface area contributed by atoms with Crippen LogP contribution in [0.5, 0.6) is 0 Å². The fraction of sp³-hybridized carbons (Fsp3) is 0.375. The zero-order valence-electron chi connectivity index (χ0n) is 13.2. The third kappa shape index (κ3) is 4.40. The van der Waals surface area contributed by atoms with Gasteiger partial charge in [0.05, 0.1) is 22.4 Å². The number of sulfonamides is 1. The van der Waals surface area contributed by atoms with Gasteiger partial charge in [-0.3, -0.25) is 4.90 Å². The first-order valence-electron chi connectivity index (χ1n) is 7.80. The van der Waals surface area contributed by atoms with Gasteiger partial charge >= 0.3 is 0 Å². The van der Waals surface area contributed by atoms with Crippen LogP contribution in [0, 0.1) is 0 Å². The van der Waals surface area contributed by atoms with Crippen LogP contribution in [0.4, 0.5) is 0 Å². The van der Waals surface area contributed by atoms with E-state index >= 15 is 0 Å². The summed E-state index contributed by atoms with van der Waals surface area (Å²) in [5.74, 6) is 0.734. The van der Waals surface area contributed by atoms with Crippen LogP contribution in [0.1, 0.15) is 24.6 Å². The van der Waals surface area contributed by atoms with Crippen LogP contribution < -0.4 is 4.72 Å². The molecular weight excluding hydrogens is 451 g/mol. The van der Waals surface area contributed by atoms with Gasteiger partial charge in [-0.25, -0.2) is 13.1 Å². The van der Waals surface area contributed by atoms with E-state index in [2.05, 4.69) is 25.6 Å². The summed E-state index contributed by atoms with van der Waals surface area (Å²) < 4.78 is 34.2. The van der Waals surface area contributed by atoms with Gasteiger partial charge in [-0.2, -0.15) is 0 Å². The zero-order valence-corrected chi connectivity index (χ0v) is 17.1. The van der Waals surface area contributed by atoms with E-state index in [1.54, 1.807) is 12.3 Å². The predicted molar refractivity (Wildman–Crippen MR) is 102 cm³/mol. The standard InChI is InChI=1S/C16H17BrCl2N2O3S/c17-11-8-12(18)16(13(19)9-11)25(22,23)20-10-14(15-4-3-7-24-15)21-5-1-2-6-21/h3-4,7-9,14,20H,1-2,5-6,10H2/t14-/m0/s1. The Labute approximate surface area is 165 Å². The molecule has 1 aliphatic heterocycles. The van der Waals surface area contributed by atoms with Crippen molar-refractivity contribution in [3.63, 3.8) is 0 Å². The van der Waals surface area contributed by atoms with Gasteiger partial charge in [0.2, 0.25) is 10.0 Å². The molecule has 2 heterocycles. The summed E-state index contributed by atoms with van der Waals surface area (Å²) in [6, 6.07) is 6.51. The quantitative estimate of drug-likeness (QED) is 0.680. The molecule has 2 aromatic rings. The van der Waals surface area contributed by atoms with Gasteiger partial charge < -0.3 is 4.42 Å². The molecule has 1 aliphatic rings. The summed E-state index contributed by atoms with van der Waals surface area (Å²) in [5.41, 5.74) is 0. The van der Waals surface area contributed by atoms with Gasteiger partial charge in [-0.1, -0.05) is 39.1 Å². The van der Waals surface area contributed by atoms with Gasteiger partial charge in [0, 0.05) is 11.0 Å². The average Bonchev–Trinajstić information content (AvgIpc) is 3.19. The maximum atomic E-state index is 12.7. The monoisotopic (exact) mass is 466 g/mol. The molecule has 1 N–H and O–H groups in total. The van der Waals surface area contributed by atoms with Gasteiger partial charge in [0.15, 0.2) is 0 Å². The van der Waals surface area contributed by atoms with Crippen LogP contribution in [0.25, 0.3) is 0 Å². The Hall–Kier alpha value is -0.570. The van der Waals surface area contributed by atoms with Gasteiger partial charge in [-0.15, -0.1) is 0 Å². The molecule has 1 aromatic heterocycles. The van der Waals surface area contributed by atoms with Crippen molar-refractivity contribution in [2.45, 2.75) is 23.8 Å². The van der Waals surface area contributed by atoms with Crippen LogP contribution in [-0.4, -0.2) is 33.0 Å². The number of likely N-dealkylation sites (tertiary alicyclic amines) is 1. The number of nitrogens with zero attached hydrogens (tertiary/aromatic N) is 1. The maximum absolute atomic E-state index is 12.7. The lowest BCUT2D eigenvalue weighted by Crippen LogP contribution is -2.36. The third-order valence-corrected chi connectivity index (χ3v) is 6.95. The highest BCUT2D eigenvalue weighted by atomic mass is 79.9. The minimum absolute atomic E-state index is 0.0718.